The molecule has 0 unspecified atom stereocenters. The fourth-order valence-electron chi connectivity index (χ4n) is 16.3. The van der Waals surface area contributed by atoms with Gasteiger partial charge in [-0.1, -0.05) is 273 Å². The lowest BCUT2D eigenvalue weighted by atomic mass is 9.87. The minimum absolute atomic E-state index is 0.960. The third kappa shape index (κ3) is 9.75. The molecule has 21 rings (SSSR count). The van der Waals surface area contributed by atoms with Gasteiger partial charge in [-0.15, -0.1) is 0 Å². The molecule has 0 amide bonds. The largest absolute Gasteiger partial charge is 0.265 e. The average Bonchev–Trinajstić information content (AvgIpc) is 0.733. The molecule has 0 bridgehead atoms. The molecule has 102 heavy (non-hydrogen) atoms. The van der Waals surface area contributed by atoms with Crippen LogP contribution in [0.4, 0.5) is 0 Å². The van der Waals surface area contributed by atoms with Crippen molar-refractivity contribution in [2.45, 2.75) is 0 Å². The molecule has 0 radical (unpaired) electrons. The van der Waals surface area contributed by atoms with Gasteiger partial charge in [0.15, 0.2) is 0 Å². The Morgan fingerprint density at radius 3 is 0.814 bits per heavy atom. The van der Waals surface area contributed by atoms with E-state index in [-0.39, 0.29) is 0 Å². The second kappa shape index (κ2) is 24.2. The van der Waals surface area contributed by atoms with Gasteiger partial charge in [0.05, 0.1) is 28.1 Å². The van der Waals surface area contributed by atoms with Crippen LogP contribution >= 0.6 is 0 Å². The average molecular weight is 1290 g/mol. The number of hydrogen-bond acceptors (Lipinski definition) is 4. The summed E-state index contributed by atoms with van der Waals surface area (Å²) in [5.41, 5.74) is 17.7. The van der Waals surface area contributed by atoms with E-state index in [0.717, 1.165) is 88.6 Å². The fraction of sp³-hybridized carbons (Fsp3) is 0. The first-order valence-corrected chi connectivity index (χ1v) is 34.9. The van der Waals surface area contributed by atoms with Gasteiger partial charge in [0.1, 0.15) is 0 Å². The number of aromatic nitrogens is 4. The minimum Gasteiger partial charge on any atom is -0.265 e. The molecule has 0 aliphatic carbocycles. The third-order valence-corrected chi connectivity index (χ3v) is 21.0. The van der Waals surface area contributed by atoms with Crippen molar-refractivity contribution in [1.82, 2.24) is 19.9 Å². The quantitative estimate of drug-likeness (QED) is 0.149. The van der Waals surface area contributed by atoms with Crippen LogP contribution in [0.1, 0.15) is 0 Å². The molecule has 0 saturated carbocycles. The van der Waals surface area contributed by atoms with Crippen LogP contribution < -0.4 is 0 Å². The van der Waals surface area contributed by atoms with Crippen molar-refractivity contribution < 1.29 is 0 Å². The zero-order valence-corrected chi connectivity index (χ0v) is 55.4. The van der Waals surface area contributed by atoms with E-state index in [0.29, 0.717) is 0 Å². The maximum atomic E-state index is 5.62. The highest BCUT2D eigenvalue weighted by Crippen LogP contribution is 2.48. The molecule has 4 aromatic heterocycles. The number of nitrogens with zero attached hydrogens (tertiary/aromatic N) is 4. The second-order valence-corrected chi connectivity index (χ2v) is 26.6. The first-order valence-electron chi connectivity index (χ1n) is 34.9. The summed E-state index contributed by atoms with van der Waals surface area (Å²) in [6, 6.07) is 125. The highest BCUT2D eigenvalue weighted by Gasteiger charge is 2.23. The Kier molecular flexibility index (Phi) is 13.9. The van der Waals surface area contributed by atoms with Gasteiger partial charge in [0.25, 0.3) is 0 Å². The molecule has 4 heteroatoms. The summed E-state index contributed by atoms with van der Waals surface area (Å²) in [5.74, 6) is 0. The second-order valence-electron chi connectivity index (χ2n) is 26.6. The van der Waals surface area contributed by atoms with Gasteiger partial charge in [-0.2, -0.15) is 0 Å². The van der Waals surface area contributed by atoms with Gasteiger partial charge >= 0.3 is 0 Å². The van der Waals surface area contributed by atoms with Crippen molar-refractivity contribution in [1.29, 1.82) is 0 Å². The van der Waals surface area contributed by atoms with E-state index < -0.39 is 0 Å². The summed E-state index contributed by atoms with van der Waals surface area (Å²) >= 11 is 0. The lowest BCUT2D eigenvalue weighted by molar-refractivity contribution is 1.33. The molecule has 4 heterocycles. The van der Waals surface area contributed by atoms with Crippen molar-refractivity contribution in [3.8, 4) is 78.3 Å². The third-order valence-electron chi connectivity index (χ3n) is 21.0. The molecule has 0 saturated heterocycles. The van der Waals surface area contributed by atoms with Crippen LogP contribution in [-0.4, -0.2) is 19.9 Å². The van der Waals surface area contributed by atoms with Crippen molar-refractivity contribution in [3.05, 3.63) is 364 Å². The molecule has 0 spiro atoms. The van der Waals surface area contributed by atoms with Crippen LogP contribution in [0.5, 0.6) is 0 Å². The predicted octanol–water partition coefficient (Wildman–Crippen LogP) is 26.5. The van der Waals surface area contributed by atoms with E-state index in [1.807, 2.05) is 30.7 Å². The first-order chi connectivity index (χ1) is 50.6. The molecule has 21 aromatic rings. The Bertz CT molecular complexity index is 6990. The number of rotatable bonds is 7. The molecule has 0 N–H and O–H groups in total. The SMILES string of the molecule is c1ccc(-c2ccc(-c3cc(-c4cc5ccccc5c5ccccc45)nc4c3cc(-c3cc5ccccc5c5ccccc35)c3ccccc34)cc2)nc1.c1ccc2c(c1)cc(-c1cc(-c3ccncc3)c3cc(-c4cc5ccccc5c5ccccc45)c4ccccc4c3n1)c1ccccc12. The van der Waals surface area contributed by atoms with E-state index >= 15 is 0 Å². The molecule has 0 aliphatic heterocycles. The normalized spacial score (nSPS) is 11.7. The van der Waals surface area contributed by atoms with Crippen LogP contribution in [0.2, 0.25) is 0 Å². The summed E-state index contributed by atoms with van der Waals surface area (Å²) in [6.07, 6.45) is 5.61. The van der Waals surface area contributed by atoms with Crippen molar-refractivity contribution in [3.63, 3.8) is 0 Å². The zero-order valence-electron chi connectivity index (χ0n) is 55.4. The topological polar surface area (TPSA) is 51.6 Å². The fourth-order valence-corrected chi connectivity index (χ4v) is 16.3. The van der Waals surface area contributed by atoms with E-state index in [1.165, 1.54) is 119 Å². The standard InChI is InChI=1S/C52H32N2.C46H28N2/c1-3-15-37-35(13-1)29-46(41-19-7-5-17-39(37)41)47-31-49-45(33-24-26-34(27-25-33)50-23-11-12-28-53-50)32-51(54-52(49)44-22-10-9-21-43(44)47)48-30-36-14-2-4-16-38(36)40-18-6-8-20-42(40)48;1-3-13-32-30(11-1)25-41(36-17-7-5-15-34(32)36)42-27-44-40(29-21-23-47-24-22-29)28-45(48-46(44)39-20-10-9-19-38(39)42)43-26-31-12-2-4-14-33(31)35-16-6-8-18-37(35)43/h1-32H;1-28H. The Labute approximate surface area is 588 Å². The van der Waals surface area contributed by atoms with Gasteiger partial charge in [0.2, 0.25) is 0 Å². The van der Waals surface area contributed by atoms with Crippen molar-refractivity contribution in [2.75, 3.05) is 0 Å². The van der Waals surface area contributed by atoms with E-state index in [4.69, 9.17) is 9.97 Å². The monoisotopic (exact) mass is 1290 g/mol. The van der Waals surface area contributed by atoms with E-state index in [2.05, 4.69) is 344 Å². The maximum absolute atomic E-state index is 5.62. The summed E-state index contributed by atoms with van der Waals surface area (Å²) < 4.78 is 0. The Morgan fingerprint density at radius 1 is 0.157 bits per heavy atom. The van der Waals surface area contributed by atoms with Gasteiger partial charge in [0, 0.05) is 56.8 Å². The van der Waals surface area contributed by atoms with E-state index in [1.54, 1.807) is 0 Å². The molecule has 0 aliphatic rings. The summed E-state index contributed by atoms with van der Waals surface area (Å²) in [6.45, 7) is 0. The van der Waals surface area contributed by atoms with Crippen LogP contribution in [-0.2, 0) is 0 Å². The highest BCUT2D eigenvalue weighted by atomic mass is 14.7. The van der Waals surface area contributed by atoms with Crippen LogP contribution in [0, 0.1) is 0 Å². The molecule has 0 fully saturated rings. The molecular formula is C98H60N4. The molecular weight excluding hydrogens is 1230 g/mol. The molecule has 472 valence electrons. The summed E-state index contributed by atoms with van der Waals surface area (Å²) in [7, 11) is 0. The smallest absolute Gasteiger partial charge is 0.0794 e. The van der Waals surface area contributed by atoms with Crippen LogP contribution in [0.3, 0.4) is 0 Å². The number of pyridine rings is 4. The molecule has 4 nitrogen and oxygen atoms in total. The van der Waals surface area contributed by atoms with Gasteiger partial charge in [-0.3, -0.25) is 9.97 Å². The molecule has 0 atom stereocenters. The summed E-state index contributed by atoms with van der Waals surface area (Å²) in [5, 5.41) is 26.7. The van der Waals surface area contributed by atoms with Gasteiger partial charge < -0.3 is 0 Å². The number of fused-ring (bicyclic) bond motifs is 18. The van der Waals surface area contributed by atoms with Crippen LogP contribution in [0.25, 0.3) is 208 Å². The number of hydrogen-bond donors (Lipinski definition) is 0. The Balaban J connectivity index is 0.000000138. The summed E-state index contributed by atoms with van der Waals surface area (Å²) in [4.78, 5) is 20.2. The van der Waals surface area contributed by atoms with Crippen LogP contribution in [0.15, 0.2) is 364 Å². The van der Waals surface area contributed by atoms with E-state index in [9.17, 15) is 0 Å². The highest BCUT2D eigenvalue weighted by molar-refractivity contribution is 6.25. The Hall–Kier alpha value is -13.5. The first kappa shape index (κ1) is 58.6. The number of benzene rings is 17. The van der Waals surface area contributed by atoms with Crippen molar-refractivity contribution in [2.24, 2.45) is 0 Å². The Morgan fingerprint density at radius 2 is 0.441 bits per heavy atom. The van der Waals surface area contributed by atoms with Gasteiger partial charge in [-0.25, -0.2) is 9.97 Å². The molecule has 17 aromatic carbocycles. The predicted molar refractivity (Wildman–Crippen MR) is 432 cm³/mol. The minimum atomic E-state index is 0.960. The van der Waals surface area contributed by atoms with Gasteiger partial charge in [-0.05, 0) is 214 Å². The zero-order chi connectivity index (χ0) is 67.2. The van der Waals surface area contributed by atoms with Crippen molar-refractivity contribution >= 4 is 130 Å². The lowest BCUT2D eigenvalue weighted by Crippen LogP contribution is -1.95. The lowest BCUT2D eigenvalue weighted by Gasteiger charge is -2.18. The maximum Gasteiger partial charge on any atom is 0.0794 e.